The Labute approximate surface area is 90.0 Å². The van der Waals surface area contributed by atoms with Gasteiger partial charge in [0.15, 0.2) is 0 Å². The lowest BCUT2D eigenvalue weighted by atomic mass is 10.5. The summed E-state index contributed by atoms with van der Waals surface area (Å²) in [6.07, 6.45) is -0.129. The minimum atomic E-state index is -3.40. The van der Waals surface area contributed by atoms with Crippen LogP contribution in [0.25, 0.3) is 0 Å². The summed E-state index contributed by atoms with van der Waals surface area (Å²) in [7, 11) is -1.92. The van der Waals surface area contributed by atoms with E-state index in [-0.39, 0.29) is 25.3 Å². The third kappa shape index (κ3) is 8.34. The smallest absolute Gasteiger partial charge is 0.306 e. The SMILES string of the molecule is CCOC(=O)CCS(=O)(=O)NCCOC. The van der Waals surface area contributed by atoms with Gasteiger partial charge in [-0.05, 0) is 6.92 Å². The molecule has 0 heterocycles. The van der Waals surface area contributed by atoms with Gasteiger partial charge in [0.1, 0.15) is 0 Å². The summed E-state index contributed by atoms with van der Waals surface area (Å²) in [4.78, 5) is 10.9. The predicted octanol–water partition coefficient (Wildman–Crippen LogP) is -0.495. The van der Waals surface area contributed by atoms with E-state index in [9.17, 15) is 13.2 Å². The first-order valence-corrected chi connectivity index (χ1v) is 6.29. The van der Waals surface area contributed by atoms with Gasteiger partial charge >= 0.3 is 5.97 Å². The van der Waals surface area contributed by atoms with Gasteiger partial charge in [0.05, 0.1) is 25.4 Å². The van der Waals surface area contributed by atoms with E-state index in [1.54, 1.807) is 6.92 Å². The maximum absolute atomic E-state index is 11.2. The molecule has 0 aliphatic heterocycles. The summed E-state index contributed by atoms with van der Waals surface area (Å²) in [5.41, 5.74) is 0. The molecular weight excluding hydrogens is 222 g/mol. The molecule has 0 radical (unpaired) electrons. The van der Waals surface area contributed by atoms with E-state index in [0.29, 0.717) is 6.61 Å². The summed E-state index contributed by atoms with van der Waals surface area (Å²) in [5, 5.41) is 0. The first-order chi connectivity index (χ1) is 7.02. The minimum Gasteiger partial charge on any atom is -0.466 e. The van der Waals surface area contributed by atoms with Crippen molar-refractivity contribution in [2.45, 2.75) is 13.3 Å². The fraction of sp³-hybridized carbons (Fsp3) is 0.875. The highest BCUT2D eigenvalue weighted by Crippen LogP contribution is 1.92. The quantitative estimate of drug-likeness (QED) is 0.456. The van der Waals surface area contributed by atoms with E-state index in [2.05, 4.69) is 14.2 Å². The second-order valence-corrected chi connectivity index (χ2v) is 4.69. The van der Waals surface area contributed by atoms with Gasteiger partial charge < -0.3 is 9.47 Å². The van der Waals surface area contributed by atoms with Gasteiger partial charge in [0, 0.05) is 13.7 Å². The molecule has 90 valence electrons. The van der Waals surface area contributed by atoms with E-state index >= 15 is 0 Å². The molecule has 1 N–H and O–H groups in total. The zero-order valence-corrected chi connectivity index (χ0v) is 9.80. The summed E-state index contributed by atoms with van der Waals surface area (Å²) < 4.78 is 34.1. The average Bonchev–Trinajstić information content (AvgIpc) is 2.16. The summed E-state index contributed by atoms with van der Waals surface area (Å²) >= 11 is 0. The Morgan fingerprint density at radius 2 is 2.07 bits per heavy atom. The topological polar surface area (TPSA) is 81.7 Å². The molecule has 0 saturated carbocycles. The maximum Gasteiger partial charge on any atom is 0.306 e. The molecule has 0 fully saturated rings. The van der Waals surface area contributed by atoms with Gasteiger partial charge in [-0.2, -0.15) is 0 Å². The first-order valence-electron chi connectivity index (χ1n) is 4.63. The van der Waals surface area contributed by atoms with Crippen LogP contribution in [0.3, 0.4) is 0 Å². The van der Waals surface area contributed by atoms with Crippen molar-refractivity contribution in [3.8, 4) is 0 Å². The molecule has 0 aliphatic carbocycles. The van der Waals surface area contributed by atoms with Gasteiger partial charge in [-0.1, -0.05) is 0 Å². The third-order valence-corrected chi connectivity index (χ3v) is 2.89. The summed E-state index contributed by atoms with van der Waals surface area (Å²) in [6.45, 7) is 2.44. The Hall–Kier alpha value is -0.660. The van der Waals surface area contributed by atoms with E-state index in [4.69, 9.17) is 0 Å². The standard InChI is InChI=1S/C8H17NO5S/c1-3-14-8(10)4-7-15(11,12)9-5-6-13-2/h9H,3-7H2,1-2H3. The van der Waals surface area contributed by atoms with E-state index in [1.807, 2.05) is 0 Å². The molecule has 0 saturated heterocycles. The highest BCUT2D eigenvalue weighted by atomic mass is 32.2. The van der Waals surface area contributed by atoms with Crippen LogP contribution in [0.2, 0.25) is 0 Å². The van der Waals surface area contributed by atoms with Gasteiger partial charge in [-0.25, -0.2) is 13.1 Å². The van der Waals surface area contributed by atoms with Crippen molar-refractivity contribution in [1.82, 2.24) is 4.72 Å². The minimum absolute atomic E-state index is 0.129. The molecule has 0 atom stereocenters. The van der Waals surface area contributed by atoms with Gasteiger partial charge in [-0.3, -0.25) is 4.79 Å². The fourth-order valence-corrected chi connectivity index (χ4v) is 1.80. The van der Waals surface area contributed by atoms with Crippen LogP contribution < -0.4 is 4.72 Å². The molecule has 0 bridgehead atoms. The number of nitrogens with one attached hydrogen (secondary N) is 1. The average molecular weight is 239 g/mol. The number of esters is 1. The molecule has 7 heteroatoms. The van der Waals surface area contributed by atoms with Gasteiger partial charge in [0.2, 0.25) is 10.0 Å². The molecule has 6 nitrogen and oxygen atoms in total. The van der Waals surface area contributed by atoms with Crippen LogP contribution in [0.1, 0.15) is 13.3 Å². The van der Waals surface area contributed by atoms with Crippen LogP contribution in [-0.2, 0) is 24.3 Å². The monoisotopic (exact) mass is 239 g/mol. The molecule has 0 aromatic carbocycles. The van der Waals surface area contributed by atoms with Crippen molar-refractivity contribution in [2.24, 2.45) is 0 Å². The molecule has 0 unspecified atom stereocenters. The zero-order chi connectivity index (χ0) is 11.7. The number of carbonyl (C=O) groups is 1. The van der Waals surface area contributed by atoms with Crippen molar-refractivity contribution in [1.29, 1.82) is 0 Å². The maximum atomic E-state index is 11.2. The second kappa shape index (κ2) is 7.61. The Morgan fingerprint density at radius 3 is 2.60 bits per heavy atom. The summed E-state index contributed by atoms with van der Waals surface area (Å²) in [5.74, 6) is -0.759. The molecular formula is C8H17NO5S. The molecule has 0 spiro atoms. The number of methoxy groups -OCH3 is 1. The molecule has 15 heavy (non-hydrogen) atoms. The fourth-order valence-electron chi connectivity index (χ4n) is 0.822. The zero-order valence-electron chi connectivity index (χ0n) is 8.99. The number of hydrogen-bond acceptors (Lipinski definition) is 5. The predicted molar refractivity (Wildman–Crippen MR) is 54.9 cm³/mol. The lowest BCUT2D eigenvalue weighted by molar-refractivity contribution is -0.142. The number of rotatable bonds is 8. The van der Waals surface area contributed by atoms with Crippen molar-refractivity contribution < 1.29 is 22.7 Å². The lowest BCUT2D eigenvalue weighted by Crippen LogP contribution is -2.30. The van der Waals surface area contributed by atoms with E-state index < -0.39 is 16.0 Å². The highest BCUT2D eigenvalue weighted by molar-refractivity contribution is 7.89. The number of carbonyl (C=O) groups excluding carboxylic acids is 1. The van der Waals surface area contributed by atoms with Crippen molar-refractivity contribution in [3.63, 3.8) is 0 Å². The molecule has 0 aliphatic rings. The molecule has 0 aromatic rings. The third-order valence-electron chi connectivity index (χ3n) is 1.51. The van der Waals surface area contributed by atoms with Crippen LogP contribution in [0, 0.1) is 0 Å². The number of sulfonamides is 1. The van der Waals surface area contributed by atoms with Gasteiger partial charge in [-0.15, -0.1) is 0 Å². The Bertz CT molecular complexity index is 275. The largest absolute Gasteiger partial charge is 0.466 e. The highest BCUT2D eigenvalue weighted by Gasteiger charge is 2.12. The van der Waals surface area contributed by atoms with Crippen molar-refractivity contribution >= 4 is 16.0 Å². The van der Waals surface area contributed by atoms with Crippen LogP contribution in [0.5, 0.6) is 0 Å². The van der Waals surface area contributed by atoms with E-state index in [0.717, 1.165) is 0 Å². The van der Waals surface area contributed by atoms with Crippen LogP contribution in [0.4, 0.5) is 0 Å². The Morgan fingerprint density at radius 1 is 1.40 bits per heavy atom. The van der Waals surface area contributed by atoms with Crippen LogP contribution in [0.15, 0.2) is 0 Å². The molecule has 0 rings (SSSR count). The van der Waals surface area contributed by atoms with E-state index in [1.165, 1.54) is 7.11 Å². The molecule has 0 aromatic heterocycles. The Kier molecular flexibility index (Phi) is 7.27. The van der Waals surface area contributed by atoms with Crippen LogP contribution >= 0.6 is 0 Å². The normalized spacial score (nSPS) is 11.3. The van der Waals surface area contributed by atoms with Crippen LogP contribution in [-0.4, -0.2) is 47.0 Å². The molecule has 0 amide bonds. The Balaban J connectivity index is 3.78. The van der Waals surface area contributed by atoms with Crippen molar-refractivity contribution in [2.75, 3.05) is 32.6 Å². The number of ether oxygens (including phenoxy) is 2. The summed E-state index contributed by atoms with van der Waals surface area (Å²) in [6, 6.07) is 0. The van der Waals surface area contributed by atoms with Gasteiger partial charge in [0.25, 0.3) is 0 Å². The number of hydrogen-bond donors (Lipinski definition) is 1. The van der Waals surface area contributed by atoms with Crippen molar-refractivity contribution in [3.05, 3.63) is 0 Å². The lowest BCUT2D eigenvalue weighted by Gasteiger charge is -2.05. The second-order valence-electron chi connectivity index (χ2n) is 2.76. The first kappa shape index (κ1) is 14.3.